The SMILES string of the molecule is COc1ccc(S(=O)(=O)N[C@H](C(=O)OCC(=O)N(C)Cc2ccccc2F)C(C)C)cc1. The maximum Gasteiger partial charge on any atom is 0.324 e. The molecule has 0 bridgehead atoms. The van der Waals surface area contributed by atoms with Crippen LogP contribution in [0.25, 0.3) is 0 Å². The lowest BCUT2D eigenvalue weighted by molar-refractivity contribution is -0.154. The number of sulfonamides is 1. The van der Waals surface area contributed by atoms with E-state index in [4.69, 9.17) is 9.47 Å². The molecule has 0 aromatic heterocycles. The molecule has 0 spiro atoms. The minimum absolute atomic E-state index is 0.000759. The highest BCUT2D eigenvalue weighted by molar-refractivity contribution is 7.89. The van der Waals surface area contributed by atoms with Crippen LogP contribution < -0.4 is 9.46 Å². The predicted octanol–water partition coefficient (Wildman–Crippen LogP) is 2.34. The third-order valence-electron chi connectivity index (χ3n) is 4.70. The Kier molecular flexibility index (Phi) is 8.73. The first kappa shape index (κ1) is 25.3. The van der Waals surface area contributed by atoms with E-state index in [2.05, 4.69) is 4.72 Å². The standard InChI is InChI=1S/C22H27FN2O6S/c1-15(2)21(24-32(28,29)18-11-9-17(30-4)10-12-18)22(27)31-14-20(26)25(3)13-16-7-5-6-8-19(16)23/h5-12,15,21,24H,13-14H2,1-4H3/t21-/m0/s1. The largest absolute Gasteiger partial charge is 0.497 e. The van der Waals surface area contributed by atoms with Gasteiger partial charge in [0.1, 0.15) is 17.6 Å². The smallest absolute Gasteiger partial charge is 0.324 e. The average Bonchev–Trinajstić information content (AvgIpc) is 2.77. The number of hydrogen-bond donors (Lipinski definition) is 1. The Morgan fingerprint density at radius 2 is 1.72 bits per heavy atom. The van der Waals surface area contributed by atoms with Crippen molar-refractivity contribution in [2.24, 2.45) is 5.92 Å². The van der Waals surface area contributed by atoms with Crippen molar-refractivity contribution in [2.75, 3.05) is 20.8 Å². The number of hydrogen-bond acceptors (Lipinski definition) is 6. The van der Waals surface area contributed by atoms with Crippen molar-refractivity contribution in [3.8, 4) is 5.75 Å². The number of rotatable bonds is 10. The van der Waals surface area contributed by atoms with E-state index in [0.29, 0.717) is 11.3 Å². The van der Waals surface area contributed by atoms with Gasteiger partial charge in [-0.3, -0.25) is 9.59 Å². The zero-order valence-corrected chi connectivity index (χ0v) is 19.2. The van der Waals surface area contributed by atoms with E-state index in [1.54, 1.807) is 32.0 Å². The third-order valence-corrected chi connectivity index (χ3v) is 6.16. The number of esters is 1. The summed E-state index contributed by atoms with van der Waals surface area (Å²) in [5.74, 6) is -1.84. The molecule has 8 nitrogen and oxygen atoms in total. The van der Waals surface area contributed by atoms with Crippen LogP contribution in [0.3, 0.4) is 0 Å². The molecule has 2 aromatic carbocycles. The summed E-state index contributed by atoms with van der Waals surface area (Å²) in [6.07, 6.45) is 0. The van der Waals surface area contributed by atoms with Crippen LogP contribution in [0.2, 0.25) is 0 Å². The molecular formula is C22H27FN2O6S. The molecular weight excluding hydrogens is 439 g/mol. The van der Waals surface area contributed by atoms with Gasteiger partial charge in [0.2, 0.25) is 10.0 Å². The lowest BCUT2D eigenvalue weighted by Crippen LogP contribution is -2.46. The summed E-state index contributed by atoms with van der Waals surface area (Å²) in [5, 5.41) is 0. The van der Waals surface area contributed by atoms with E-state index in [1.807, 2.05) is 0 Å². The van der Waals surface area contributed by atoms with Crippen LogP contribution in [0.1, 0.15) is 19.4 Å². The zero-order valence-electron chi connectivity index (χ0n) is 18.4. The topological polar surface area (TPSA) is 102 Å². The fourth-order valence-corrected chi connectivity index (χ4v) is 4.08. The van der Waals surface area contributed by atoms with E-state index >= 15 is 0 Å². The Bertz CT molecular complexity index is 1040. The second kappa shape index (κ2) is 11.1. The number of nitrogens with zero attached hydrogens (tertiary/aromatic N) is 1. The molecule has 0 unspecified atom stereocenters. The fourth-order valence-electron chi connectivity index (χ4n) is 2.75. The van der Waals surface area contributed by atoms with Crippen molar-refractivity contribution in [1.29, 1.82) is 0 Å². The van der Waals surface area contributed by atoms with Gasteiger partial charge in [-0.15, -0.1) is 0 Å². The summed E-state index contributed by atoms with van der Waals surface area (Å²) in [4.78, 5) is 26.0. The number of nitrogens with one attached hydrogen (secondary N) is 1. The van der Waals surface area contributed by atoms with Crippen LogP contribution in [-0.4, -0.2) is 52.0 Å². The van der Waals surface area contributed by atoms with Gasteiger partial charge < -0.3 is 14.4 Å². The van der Waals surface area contributed by atoms with E-state index in [9.17, 15) is 22.4 Å². The highest BCUT2D eigenvalue weighted by Crippen LogP contribution is 2.17. The Hall–Kier alpha value is -2.98. The fraction of sp³-hybridized carbons (Fsp3) is 0.364. The molecule has 1 atom stereocenters. The number of ether oxygens (including phenoxy) is 2. The number of carbonyl (C=O) groups excluding carboxylic acids is 2. The maximum absolute atomic E-state index is 13.8. The molecule has 0 saturated carbocycles. The molecule has 1 amide bonds. The number of benzene rings is 2. The van der Waals surface area contributed by atoms with Gasteiger partial charge in [0, 0.05) is 19.2 Å². The van der Waals surface area contributed by atoms with Crippen LogP contribution in [-0.2, 0) is 30.9 Å². The summed E-state index contributed by atoms with van der Waals surface area (Å²) >= 11 is 0. The van der Waals surface area contributed by atoms with Gasteiger partial charge in [0.25, 0.3) is 5.91 Å². The Morgan fingerprint density at radius 1 is 1.09 bits per heavy atom. The summed E-state index contributed by atoms with van der Waals surface area (Å²) in [5.41, 5.74) is 0.321. The molecule has 32 heavy (non-hydrogen) atoms. The third kappa shape index (κ3) is 6.76. The molecule has 0 aliphatic carbocycles. The van der Waals surface area contributed by atoms with Crippen LogP contribution in [0.5, 0.6) is 5.75 Å². The average molecular weight is 467 g/mol. The zero-order chi connectivity index (χ0) is 23.9. The lowest BCUT2D eigenvalue weighted by atomic mass is 10.1. The van der Waals surface area contributed by atoms with Crippen molar-refractivity contribution >= 4 is 21.9 Å². The van der Waals surface area contributed by atoms with Gasteiger partial charge in [0.05, 0.1) is 12.0 Å². The van der Waals surface area contributed by atoms with Gasteiger partial charge in [-0.1, -0.05) is 32.0 Å². The summed E-state index contributed by atoms with van der Waals surface area (Å²) in [6, 6.07) is 10.5. The minimum Gasteiger partial charge on any atom is -0.497 e. The van der Waals surface area contributed by atoms with Gasteiger partial charge in [0.15, 0.2) is 6.61 Å². The summed E-state index contributed by atoms with van der Waals surface area (Å²) in [6.45, 7) is 2.70. The first-order chi connectivity index (χ1) is 15.0. The quantitative estimate of drug-likeness (QED) is 0.540. The molecule has 0 radical (unpaired) electrons. The molecule has 2 aromatic rings. The molecule has 0 saturated heterocycles. The van der Waals surface area contributed by atoms with Crippen molar-refractivity contribution < 1.29 is 31.9 Å². The first-order valence-corrected chi connectivity index (χ1v) is 11.3. The van der Waals surface area contributed by atoms with Crippen molar-refractivity contribution in [1.82, 2.24) is 9.62 Å². The first-order valence-electron chi connectivity index (χ1n) is 9.85. The Morgan fingerprint density at radius 3 is 2.28 bits per heavy atom. The van der Waals surface area contributed by atoms with E-state index in [-0.39, 0.29) is 11.4 Å². The Balaban J connectivity index is 2.00. The van der Waals surface area contributed by atoms with Crippen molar-refractivity contribution in [3.05, 3.63) is 59.9 Å². The lowest BCUT2D eigenvalue weighted by Gasteiger charge is -2.22. The summed E-state index contributed by atoms with van der Waals surface area (Å²) in [7, 11) is -1.11. The predicted molar refractivity (Wildman–Crippen MR) is 116 cm³/mol. The highest BCUT2D eigenvalue weighted by atomic mass is 32.2. The number of amides is 1. The van der Waals surface area contributed by atoms with Gasteiger partial charge in [-0.2, -0.15) is 4.72 Å². The second-order valence-corrected chi connectivity index (χ2v) is 9.18. The number of carbonyl (C=O) groups is 2. The minimum atomic E-state index is -4.02. The van der Waals surface area contributed by atoms with E-state index in [0.717, 1.165) is 0 Å². The number of halogens is 1. The van der Waals surface area contributed by atoms with Crippen LogP contribution in [0.15, 0.2) is 53.4 Å². The van der Waals surface area contributed by atoms with Gasteiger partial charge in [-0.05, 0) is 36.2 Å². The molecule has 0 heterocycles. The molecule has 0 aliphatic heterocycles. The Labute approximate surface area is 187 Å². The van der Waals surface area contributed by atoms with Gasteiger partial charge >= 0.3 is 5.97 Å². The maximum atomic E-state index is 13.8. The second-order valence-electron chi connectivity index (χ2n) is 7.47. The van der Waals surface area contributed by atoms with Gasteiger partial charge in [-0.25, -0.2) is 12.8 Å². The van der Waals surface area contributed by atoms with Crippen LogP contribution in [0.4, 0.5) is 4.39 Å². The van der Waals surface area contributed by atoms with E-state index < -0.39 is 46.3 Å². The van der Waals surface area contributed by atoms with Crippen molar-refractivity contribution in [3.63, 3.8) is 0 Å². The molecule has 0 fully saturated rings. The molecule has 174 valence electrons. The normalized spacial score (nSPS) is 12.3. The monoisotopic (exact) mass is 466 g/mol. The number of methoxy groups -OCH3 is 1. The van der Waals surface area contributed by atoms with Crippen LogP contribution >= 0.6 is 0 Å². The molecule has 1 N–H and O–H groups in total. The summed E-state index contributed by atoms with van der Waals surface area (Å²) < 4.78 is 51.5. The highest BCUT2D eigenvalue weighted by Gasteiger charge is 2.30. The van der Waals surface area contributed by atoms with E-state index in [1.165, 1.54) is 49.4 Å². The molecule has 10 heteroatoms. The number of likely N-dealkylation sites (N-methyl/N-ethyl adjacent to an activating group) is 1. The van der Waals surface area contributed by atoms with Crippen molar-refractivity contribution in [2.45, 2.75) is 31.3 Å². The van der Waals surface area contributed by atoms with Crippen LogP contribution in [0, 0.1) is 11.7 Å². The molecule has 2 rings (SSSR count). The molecule has 0 aliphatic rings.